The van der Waals surface area contributed by atoms with Gasteiger partial charge in [0.15, 0.2) is 5.17 Å². The molecule has 0 aromatic rings. The summed E-state index contributed by atoms with van der Waals surface area (Å²) in [5, 5.41) is 14.6. The fraction of sp³-hybridized carbons (Fsp3) is 0.583. The number of carboxylic acids is 1. The first-order valence-electron chi connectivity index (χ1n) is 6.18. The topological polar surface area (TPSA) is 82.0 Å². The number of hydrogen-bond donors (Lipinski definition) is 2. The van der Waals surface area contributed by atoms with E-state index < -0.39 is 11.5 Å². The van der Waals surface area contributed by atoms with Crippen molar-refractivity contribution in [2.45, 2.75) is 32.2 Å². The van der Waals surface area contributed by atoms with Gasteiger partial charge in [-0.1, -0.05) is 18.7 Å². The summed E-state index contributed by atoms with van der Waals surface area (Å²) >= 11 is 1.51. The molecule has 104 valence electrons. The van der Waals surface area contributed by atoms with E-state index in [0.717, 1.165) is 24.0 Å². The minimum atomic E-state index is -1.20. The molecular formula is C12H17N3O3S. The lowest BCUT2D eigenvalue weighted by Crippen LogP contribution is -2.52. The Morgan fingerprint density at radius 2 is 2.37 bits per heavy atom. The van der Waals surface area contributed by atoms with Crippen molar-refractivity contribution in [3.8, 4) is 0 Å². The summed E-state index contributed by atoms with van der Waals surface area (Å²) in [6, 6.07) is 0. The highest BCUT2D eigenvalue weighted by Gasteiger charge is 2.34. The van der Waals surface area contributed by atoms with Gasteiger partial charge in [-0.3, -0.25) is 9.79 Å². The van der Waals surface area contributed by atoms with Crippen LogP contribution in [0.5, 0.6) is 0 Å². The zero-order valence-corrected chi connectivity index (χ0v) is 11.8. The highest BCUT2D eigenvalue weighted by atomic mass is 32.2. The smallest absolute Gasteiger partial charge is 0.329 e. The molecule has 7 heteroatoms. The number of fused-ring (bicyclic) bond motifs is 1. The van der Waals surface area contributed by atoms with Gasteiger partial charge < -0.3 is 15.3 Å². The summed E-state index contributed by atoms with van der Waals surface area (Å²) in [5.74, 6) is -1.28. The van der Waals surface area contributed by atoms with Crippen molar-refractivity contribution in [3.05, 3.63) is 11.1 Å². The summed E-state index contributed by atoms with van der Waals surface area (Å²) < 4.78 is 0. The molecule has 0 saturated carbocycles. The average molecular weight is 283 g/mol. The van der Waals surface area contributed by atoms with Gasteiger partial charge in [0.1, 0.15) is 5.54 Å². The zero-order chi connectivity index (χ0) is 14.0. The second kappa shape index (κ2) is 5.24. The van der Waals surface area contributed by atoms with Crippen molar-refractivity contribution in [1.29, 1.82) is 0 Å². The molecule has 2 aliphatic heterocycles. The first-order chi connectivity index (χ1) is 8.96. The molecule has 2 rings (SSSR count). The number of aliphatic imine (C=N–C) groups is 1. The molecular weight excluding hydrogens is 266 g/mol. The second-order valence-electron chi connectivity index (χ2n) is 4.76. The molecule has 1 atom stereocenters. The van der Waals surface area contributed by atoms with Crippen molar-refractivity contribution < 1.29 is 14.7 Å². The van der Waals surface area contributed by atoms with Crippen molar-refractivity contribution in [2.75, 3.05) is 13.1 Å². The lowest BCUT2D eigenvalue weighted by molar-refractivity contribution is -0.146. The molecule has 0 radical (unpaired) electrons. The molecule has 0 aromatic carbocycles. The van der Waals surface area contributed by atoms with Gasteiger partial charge in [0.2, 0.25) is 5.91 Å². The van der Waals surface area contributed by atoms with Crippen molar-refractivity contribution in [2.24, 2.45) is 4.99 Å². The third-order valence-corrected chi connectivity index (χ3v) is 4.33. The number of carboxylic acid groups (broad SMARTS) is 1. The number of amidine groups is 1. The van der Waals surface area contributed by atoms with Crippen LogP contribution >= 0.6 is 11.8 Å². The summed E-state index contributed by atoms with van der Waals surface area (Å²) in [6.07, 6.45) is 0.535. The van der Waals surface area contributed by atoms with Gasteiger partial charge in [0, 0.05) is 12.2 Å². The molecule has 0 saturated heterocycles. The van der Waals surface area contributed by atoms with E-state index in [0.29, 0.717) is 6.42 Å². The Hall–Kier alpha value is -1.50. The Labute approximate surface area is 115 Å². The van der Waals surface area contributed by atoms with Crippen LogP contribution in [0.4, 0.5) is 0 Å². The number of amides is 1. The van der Waals surface area contributed by atoms with Crippen molar-refractivity contribution in [1.82, 2.24) is 10.2 Å². The number of rotatable bonds is 5. The summed E-state index contributed by atoms with van der Waals surface area (Å²) in [5.41, 5.74) is -0.312. The maximum Gasteiger partial charge on any atom is 0.329 e. The van der Waals surface area contributed by atoms with E-state index in [9.17, 15) is 9.59 Å². The lowest BCUT2D eigenvalue weighted by Gasteiger charge is -2.25. The molecule has 0 spiro atoms. The lowest BCUT2D eigenvalue weighted by atomic mass is 9.99. The standard InChI is InChI=1S/C12H17N3O3S/c1-3-12(2,10(17)18)14-9(16)6-8-7-19-11-13-4-5-15(8)11/h7H,3-6H2,1-2H3,(H,14,16)(H,17,18). The second-order valence-corrected chi connectivity index (χ2v) is 5.60. The molecule has 0 bridgehead atoms. The molecule has 2 aliphatic rings. The SMILES string of the molecule is CCC(C)(NC(=O)CC1=CSC2=NCCN12)C(=O)O. The molecule has 0 aliphatic carbocycles. The molecule has 0 aromatic heterocycles. The maximum atomic E-state index is 12.0. The fourth-order valence-corrected chi connectivity index (χ4v) is 2.88. The van der Waals surface area contributed by atoms with Crippen LogP contribution in [0.25, 0.3) is 0 Å². The predicted molar refractivity (Wildman–Crippen MR) is 73.8 cm³/mol. The van der Waals surface area contributed by atoms with Crippen LogP contribution in [-0.2, 0) is 9.59 Å². The third kappa shape index (κ3) is 2.75. The molecule has 1 unspecified atom stereocenters. The number of carbonyl (C=O) groups is 2. The van der Waals surface area contributed by atoms with Crippen LogP contribution < -0.4 is 5.32 Å². The summed E-state index contributed by atoms with van der Waals surface area (Å²) in [6.45, 7) is 4.81. The van der Waals surface area contributed by atoms with Crippen molar-refractivity contribution in [3.63, 3.8) is 0 Å². The van der Waals surface area contributed by atoms with E-state index in [4.69, 9.17) is 5.11 Å². The molecule has 19 heavy (non-hydrogen) atoms. The van der Waals surface area contributed by atoms with Crippen LogP contribution in [0.2, 0.25) is 0 Å². The first kappa shape index (κ1) is 13.9. The highest BCUT2D eigenvalue weighted by molar-refractivity contribution is 8.16. The molecule has 2 N–H and O–H groups in total. The predicted octanol–water partition coefficient (Wildman–Crippen LogP) is 1.01. The molecule has 0 fully saturated rings. The van der Waals surface area contributed by atoms with E-state index >= 15 is 0 Å². The maximum absolute atomic E-state index is 12.0. The Balaban J connectivity index is 1.95. The Kier molecular flexibility index (Phi) is 3.84. The van der Waals surface area contributed by atoms with Crippen LogP contribution in [0, 0.1) is 0 Å². The van der Waals surface area contributed by atoms with Gasteiger partial charge in [-0.15, -0.1) is 0 Å². The fourth-order valence-electron chi connectivity index (χ4n) is 1.92. The summed E-state index contributed by atoms with van der Waals surface area (Å²) in [4.78, 5) is 29.4. The van der Waals surface area contributed by atoms with Crippen LogP contribution in [0.15, 0.2) is 16.1 Å². The Morgan fingerprint density at radius 1 is 1.63 bits per heavy atom. The first-order valence-corrected chi connectivity index (χ1v) is 7.06. The quantitative estimate of drug-likeness (QED) is 0.787. The summed E-state index contributed by atoms with van der Waals surface area (Å²) in [7, 11) is 0. The Bertz CT molecular complexity index is 475. The van der Waals surface area contributed by atoms with Crippen LogP contribution in [-0.4, -0.2) is 45.7 Å². The number of nitrogens with zero attached hydrogens (tertiary/aromatic N) is 2. The monoisotopic (exact) mass is 283 g/mol. The third-order valence-electron chi connectivity index (χ3n) is 3.38. The van der Waals surface area contributed by atoms with E-state index in [-0.39, 0.29) is 12.3 Å². The number of aliphatic carboxylic acids is 1. The minimum absolute atomic E-state index is 0.189. The van der Waals surface area contributed by atoms with E-state index in [1.54, 1.807) is 6.92 Å². The van der Waals surface area contributed by atoms with Gasteiger partial charge in [0.25, 0.3) is 0 Å². The zero-order valence-electron chi connectivity index (χ0n) is 11.0. The Morgan fingerprint density at radius 3 is 3.00 bits per heavy atom. The van der Waals surface area contributed by atoms with E-state index in [2.05, 4.69) is 10.3 Å². The molecule has 1 amide bonds. The van der Waals surface area contributed by atoms with Gasteiger partial charge in [0.05, 0.1) is 13.0 Å². The van der Waals surface area contributed by atoms with Gasteiger partial charge in [-0.25, -0.2) is 4.79 Å². The largest absolute Gasteiger partial charge is 0.480 e. The van der Waals surface area contributed by atoms with Crippen molar-refractivity contribution >= 4 is 28.8 Å². The molecule has 2 heterocycles. The number of hydrogen-bond acceptors (Lipinski definition) is 5. The van der Waals surface area contributed by atoms with Gasteiger partial charge in [-0.2, -0.15) is 0 Å². The highest BCUT2D eigenvalue weighted by Crippen LogP contribution is 2.30. The van der Waals surface area contributed by atoms with Gasteiger partial charge in [-0.05, 0) is 18.8 Å². The number of nitrogens with one attached hydrogen (secondary N) is 1. The minimum Gasteiger partial charge on any atom is -0.480 e. The van der Waals surface area contributed by atoms with Gasteiger partial charge >= 0.3 is 5.97 Å². The van der Waals surface area contributed by atoms with E-state index in [1.807, 2.05) is 10.3 Å². The molecule has 6 nitrogen and oxygen atoms in total. The average Bonchev–Trinajstić information content (AvgIpc) is 2.93. The number of carbonyl (C=O) groups excluding carboxylic acids is 1. The normalized spacial score (nSPS) is 20.4. The number of thioether (sulfide) groups is 1. The van der Waals surface area contributed by atoms with Crippen LogP contribution in [0.1, 0.15) is 26.7 Å². The van der Waals surface area contributed by atoms with Crippen LogP contribution in [0.3, 0.4) is 0 Å². The van der Waals surface area contributed by atoms with E-state index in [1.165, 1.54) is 18.7 Å².